The van der Waals surface area contributed by atoms with E-state index in [1.165, 1.54) is 23.7 Å². The number of phenols is 1. The number of alkyl carbamates (subject to hydrolysis) is 1. The van der Waals surface area contributed by atoms with Crippen molar-refractivity contribution in [1.82, 2.24) is 30.6 Å². The zero-order valence-electron chi connectivity index (χ0n) is 34.8. The molecular weight excluding hydrogens is 831 g/mol. The third-order valence-electron chi connectivity index (χ3n) is 10.0. The number of phenolic OH excluding ortho intramolecular Hbond substituents is 1. The van der Waals surface area contributed by atoms with E-state index in [1.807, 2.05) is 18.2 Å². The number of nitrogens with one attached hydrogen (secondary N) is 2. The Morgan fingerprint density at radius 3 is 2.37 bits per heavy atom. The number of pyridine rings is 1. The smallest absolute Gasteiger partial charge is 0.407 e. The Morgan fingerprint density at radius 2 is 1.62 bits per heavy atom. The molecule has 63 heavy (non-hydrogen) atoms. The number of halogens is 1. The predicted molar refractivity (Wildman–Crippen MR) is 218 cm³/mol. The summed E-state index contributed by atoms with van der Waals surface area (Å²) in [7, 11) is 0. The van der Waals surface area contributed by atoms with Crippen LogP contribution in [0.25, 0.3) is 28.0 Å². The normalized spacial score (nSPS) is 20.4. The molecule has 2 aromatic heterocycles. The molecule has 5 N–H and O–H groups in total. The maximum absolute atomic E-state index is 13.8. The van der Waals surface area contributed by atoms with E-state index in [0.29, 0.717) is 80.6 Å². The fourth-order valence-electron chi connectivity index (χ4n) is 6.75. The monoisotopic (exact) mass is 884 g/mol. The first-order valence-electron chi connectivity index (χ1n) is 20.6. The van der Waals surface area contributed by atoms with Crippen molar-refractivity contribution in [2.45, 2.75) is 62.7 Å². The van der Waals surface area contributed by atoms with Crippen molar-refractivity contribution in [3.05, 3.63) is 60.5 Å². The molecular formula is C42H53FN6O14. The number of aliphatic hydroxyl groups excluding tert-OH is 2. The summed E-state index contributed by atoms with van der Waals surface area (Å²) in [6, 6.07) is 12.2. The molecule has 0 unspecified atom stereocenters. The number of aromatic hydroxyl groups is 1. The molecule has 2 fully saturated rings. The summed E-state index contributed by atoms with van der Waals surface area (Å²) >= 11 is 0. The Morgan fingerprint density at radius 1 is 0.889 bits per heavy atom. The van der Waals surface area contributed by atoms with Gasteiger partial charge in [0, 0.05) is 37.8 Å². The number of ether oxygens (including phenoxy) is 8. The van der Waals surface area contributed by atoms with E-state index < -0.39 is 47.8 Å². The Hall–Kier alpha value is -5.39. The predicted octanol–water partition coefficient (Wildman–Crippen LogP) is 1.98. The van der Waals surface area contributed by atoms with Crippen LogP contribution in [0.5, 0.6) is 11.5 Å². The Kier molecular flexibility index (Phi) is 17.4. The van der Waals surface area contributed by atoms with Crippen LogP contribution in [0.3, 0.4) is 0 Å². The van der Waals surface area contributed by atoms with Gasteiger partial charge in [0.25, 0.3) is 0 Å². The highest BCUT2D eigenvalue weighted by Crippen LogP contribution is 2.37. The Balaban J connectivity index is 0.716. The lowest BCUT2D eigenvalue weighted by molar-refractivity contribution is -0.238. The van der Waals surface area contributed by atoms with E-state index >= 15 is 0 Å². The van der Waals surface area contributed by atoms with Crippen LogP contribution in [0.4, 0.5) is 9.18 Å². The SMILES string of the molecule is CC(=O)N[C@H]1[C@H]2OC[C@](COCCOCCOCCOCCNC(=O)OCCCC(=O)CCCOc3ccc4nc(-c5cn(-c6ccc(O)c(F)c6)nn5)ccc4c3)(O2)[C@H](O)[C@@H]1O. The minimum Gasteiger partial charge on any atom is -0.505 e. The molecule has 0 radical (unpaired) electrons. The van der Waals surface area contributed by atoms with Gasteiger partial charge in [-0.25, -0.2) is 18.9 Å². The van der Waals surface area contributed by atoms with Gasteiger partial charge >= 0.3 is 6.09 Å². The largest absolute Gasteiger partial charge is 0.505 e. The average Bonchev–Trinajstić information content (AvgIpc) is 3.93. The molecule has 21 heteroatoms. The maximum atomic E-state index is 13.8. The first-order chi connectivity index (χ1) is 30.5. The van der Waals surface area contributed by atoms with Crippen LogP contribution in [0.15, 0.2) is 54.7 Å². The molecule has 0 aliphatic carbocycles. The van der Waals surface area contributed by atoms with E-state index in [4.69, 9.17) is 37.9 Å². The molecule has 0 saturated carbocycles. The first-order valence-corrected chi connectivity index (χ1v) is 20.6. The van der Waals surface area contributed by atoms with Crippen molar-refractivity contribution in [2.75, 3.05) is 79.2 Å². The van der Waals surface area contributed by atoms with Crippen molar-refractivity contribution in [2.24, 2.45) is 0 Å². The minimum atomic E-state index is -1.31. The number of aliphatic hydroxyl groups is 2. The molecule has 2 aromatic carbocycles. The van der Waals surface area contributed by atoms with Gasteiger partial charge in [0.05, 0.1) is 95.8 Å². The third-order valence-corrected chi connectivity index (χ3v) is 10.0. The summed E-state index contributed by atoms with van der Waals surface area (Å²) in [4.78, 5) is 40.3. The van der Waals surface area contributed by atoms with E-state index in [1.54, 1.807) is 18.3 Å². The van der Waals surface area contributed by atoms with Gasteiger partial charge in [-0.15, -0.1) is 5.10 Å². The number of carbonyl (C=O) groups excluding carboxylic acids is 3. The summed E-state index contributed by atoms with van der Waals surface area (Å²) in [5.74, 6) is -0.890. The number of amides is 2. The number of carbonyl (C=O) groups is 3. The van der Waals surface area contributed by atoms with Crippen molar-refractivity contribution < 1.29 is 72.0 Å². The summed E-state index contributed by atoms with van der Waals surface area (Å²) in [6.07, 6.45) is -0.861. The summed E-state index contributed by atoms with van der Waals surface area (Å²) in [5, 5.41) is 44.6. The molecule has 2 bridgehead atoms. The molecule has 5 atom stereocenters. The zero-order valence-corrected chi connectivity index (χ0v) is 34.8. The van der Waals surface area contributed by atoms with Gasteiger partial charge in [-0.3, -0.25) is 9.59 Å². The fourth-order valence-corrected chi connectivity index (χ4v) is 6.75. The molecule has 0 spiro atoms. The quantitative estimate of drug-likeness (QED) is 0.0565. The molecule has 2 aliphatic rings. The van der Waals surface area contributed by atoms with Crippen LogP contribution in [-0.4, -0.2) is 162 Å². The van der Waals surface area contributed by atoms with Gasteiger partial charge in [-0.05, 0) is 49.2 Å². The molecule has 2 amide bonds. The van der Waals surface area contributed by atoms with E-state index in [-0.39, 0.29) is 64.3 Å². The highest BCUT2D eigenvalue weighted by molar-refractivity contribution is 5.82. The van der Waals surface area contributed by atoms with Crippen LogP contribution in [-0.2, 0) is 42.7 Å². The second-order valence-corrected chi connectivity index (χ2v) is 14.8. The van der Waals surface area contributed by atoms with Crippen LogP contribution >= 0.6 is 0 Å². The Bertz CT molecular complexity index is 2130. The van der Waals surface area contributed by atoms with Crippen LogP contribution in [0.1, 0.15) is 32.6 Å². The van der Waals surface area contributed by atoms with Gasteiger partial charge in [0.1, 0.15) is 41.1 Å². The average molecular weight is 885 g/mol. The van der Waals surface area contributed by atoms with Crippen molar-refractivity contribution in [3.8, 4) is 28.6 Å². The van der Waals surface area contributed by atoms with E-state index in [2.05, 4.69) is 25.9 Å². The number of benzene rings is 2. The van der Waals surface area contributed by atoms with E-state index in [0.717, 1.165) is 11.5 Å². The van der Waals surface area contributed by atoms with Gasteiger partial charge in [-0.2, -0.15) is 0 Å². The Labute approximate surface area is 361 Å². The number of hydrogen-bond acceptors (Lipinski definition) is 17. The second kappa shape index (κ2) is 23.3. The molecule has 2 saturated heterocycles. The van der Waals surface area contributed by atoms with Crippen LogP contribution < -0.4 is 15.4 Å². The highest BCUT2D eigenvalue weighted by Gasteiger charge is 2.59. The van der Waals surface area contributed by atoms with E-state index in [9.17, 15) is 34.1 Å². The molecule has 4 heterocycles. The first kappa shape index (κ1) is 47.1. The zero-order chi connectivity index (χ0) is 44.6. The van der Waals surface area contributed by atoms with Crippen LogP contribution in [0.2, 0.25) is 0 Å². The third kappa shape index (κ3) is 13.6. The number of aromatic nitrogens is 4. The molecule has 6 rings (SSSR count). The number of rotatable bonds is 26. The molecule has 4 aromatic rings. The second-order valence-electron chi connectivity index (χ2n) is 14.8. The number of ketones is 1. The number of hydrogen-bond donors (Lipinski definition) is 5. The van der Waals surface area contributed by atoms with Gasteiger partial charge in [-0.1, -0.05) is 11.3 Å². The number of fused-ring (bicyclic) bond motifs is 3. The van der Waals surface area contributed by atoms with Crippen molar-refractivity contribution >= 4 is 28.7 Å². The fraction of sp³-hybridized carbons (Fsp3) is 0.524. The lowest BCUT2D eigenvalue weighted by Gasteiger charge is -2.42. The maximum Gasteiger partial charge on any atom is 0.407 e. The highest BCUT2D eigenvalue weighted by atomic mass is 19.1. The number of nitrogens with zero attached hydrogens (tertiary/aromatic N) is 4. The van der Waals surface area contributed by atoms with Crippen molar-refractivity contribution in [1.29, 1.82) is 0 Å². The van der Waals surface area contributed by atoms with Gasteiger partial charge in [0.15, 0.2) is 17.9 Å². The molecule has 342 valence electrons. The lowest BCUT2D eigenvalue weighted by Crippen LogP contribution is -2.66. The summed E-state index contributed by atoms with van der Waals surface area (Å²) in [6.45, 7) is 4.06. The number of Topliss-reactive ketones (excluding diaryl/α,β-unsaturated/α-hetero) is 1. The standard InChI is InChI=1S/C42H53FN6O14/c1-27(50)45-37-38(53)39(54)42(26-62-40(37)63-42)25-59-21-20-58-19-18-57-17-16-56-15-12-44-41(55)61-14-3-5-30(51)4-2-13-60-31-8-10-33-28(22-31)6-9-34(46-33)35-24-49(48-47-35)29-7-11-36(52)32(43)23-29/h6-11,22-24,37-40,52-54H,2-5,12-21,25-26H2,1H3,(H,44,55)(H,45,50)/t37-,38-,39-,40+,42+/m1/s1. The van der Waals surface area contributed by atoms with Gasteiger partial charge in [0.2, 0.25) is 5.91 Å². The summed E-state index contributed by atoms with van der Waals surface area (Å²) < 4.78 is 59.5. The van der Waals surface area contributed by atoms with Crippen LogP contribution in [0, 0.1) is 5.82 Å². The van der Waals surface area contributed by atoms with Crippen molar-refractivity contribution in [3.63, 3.8) is 0 Å². The molecule has 20 nitrogen and oxygen atoms in total. The topological polar surface area (TPSA) is 253 Å². The summed E-state index contributed by atoms with van der Waals surface area (Å²) in [5.41, 5.74) is 0.964. The lowest BCUT2D eigenvalue weighted by atomic mass is 9.88. The minimum absolute atomic E-state index is 0.0135. The molecule has 2 aliphatic heterocycles. The van der Waals surface area contributed by atoms with Gasteiger partial charge < -0.3 is 63.8 Å².